The summed E-state index contributed by atoms with van der Waals surface area (Å²) in [5.74, 6) is -0.798. The first kappa shape index (κ1) is 45.1. The van der Waals surface area contributed by atoms with Gasteiger partial charge in [0.15, 0.2) is 0 Å². The number of aromatic amines is 1. The highest BCUT2D eigenvalue weighted by Gasteiger charge is 2.31. The molecule has 0 radical (unpaired) electrons. The lowest BCUT2D eigenvalue weighted by molar-refractivity contribution is -0.137. The maximum absolute atomic E-state index is 13.6. The van der Waals surface area contributed by atoms with Crippen molar-refractivity contribution in [2.75, 3.05) is 17.2 Å². The Bertz CT molecular complexity index is 2950. The summed E-state index contributed by atoms with van der Waals surface area (Å²) in [6, 6.07) is 30.1. The van der Waals surface area contributed by atoms with Crippen LogP contribution in [-0.4, -0.2) is 53.1 Å². The Labute approximate surface area is 372 Å². The minimum absolute atomic E-state index is 0.00114. The first-order valence-electron chi connectivity index (χ1n) is 20.5. The molecule has 0 spiro atoms. The minimum atomic E-state index is -4.60. The maximum Gasteiger partial charge on any atom is 0.416 e. The van der Waals surface area contributed by atoms with Gasteiger partial charge in [-0.2, -0.15) is 13.2 Å². The summed E-state index contributed by atoms with van der Waals surface area (Å²) in [6.45, 7) is 7.40. The predicted molar refractivity (Wildman–Crippen MR) is 245 cm³/mol. The zero-order valence-electron chi connectivity index (χ0n) is 35.6. The third-order valence-electron chi connectivity index (χ3n) is 10.3. The van der Waals surface area contributed by atoms with E-state index in [2.05, 4.69) is 72.1 Å². The molecule has 0 atom stereocenters. The molecule has 4 heterocycles. The molecule has 4 aromatic carbocycles. The Balaban J connectivity index is 0.000000210. The van der Waals surface area contributed by atoms with Crippen LogP contribution in [0.4, 0.5) is 30.5 Å². The molecule has 0 saturated heterocycles. The van der Waals surface area contributed by atoms with E-state index < -0.39 is 23.6 Å². The van der Waals surface area contributed by atoms with E-state index in [1.165, 1.54) is 50.8 Å². The number of halogens is 3. The lowest BCUT2D eigenvalue weighted by Gasteiger charge is -2.14. The molecule has 330 valence electrons. The number of alkyl halides is 3. The van der Waals surface area contributed by atoms with E-state index >= 15 is 0 Å². The number of amides is 2. The first-order valence-corrected chi connectivity index (χ1v) is 20.5. The number of para-hydroxylation sites is 1. The number of carbonyl (C=O) groups excluding carboxylic acids is 2. The van der Waals surface area contributed by atoms with Gasteiger partial charge in [0, 0.05) is 82.2 Å². The number of rotatable bonds is 13. The van der Waals surface area contributed by atoms with Crippen molar-refractivity contribution >= 4 is 46.1 Å². The van der Waals surface area contributed by atoms with E-state index in [-0.39, 0.29) is 16.9 Å². The smallest absolute Gasteiger partial charge is 0.358 e. The monoisotopic (exact) mass is 878 g/mol. The predicted octanol–water partition coefficient (Wildman–Crippen LogP) is 9.68. The van der Waals surface area contributed by atoms with Crippen LogP contribution in [0.2, 0.25) is 0 Å². The zero-order chi connectivity index (χ0) is 45.9. The van der Waals surface area contributed by atoms with Crippen LogP contribution in [0.5, 0.6) is 0 Å². The standard InChI is InChI=1S/C28H22F3N7O.C21H23N3O2/c1-17-5-6-19(10-25(17)37-27-33-9-7-24(36-27)20-4-3-8-32-14-20)26(39)35-22-11-21(28(29,30)31)12-23(13-22)38-15-18(2)34-16-38;1-15-18(19-4-2-3-5-20(19)23-15)12-13-22-14-17-8-6-16(7-9-17)10-11-21(25)24-26/h3-16H,1-2H3,(H,35,39)(H,33,36,37);2-11,22-23,26H,12-14H2,1H3,(H,24,25)/b;11-10+. The number of pyridine rings is 1. The summed E-state index contributed by atoms with van der Waals surface area (Å²) in [6.07, 6.45) is 7.31. The number of carbonyl (C=O) groups is 2. The van der Waals surface area contributed by atoms with Crippen molar-refractivity contribution in [2.45, 2.75) is 39.9 Å². The molecule has 6 N–H and O–H groups in total. The molecule has 4 aromatic heterocycles. The van der Waals surface area contributed by atoms with Crippen molar-refractivity contribution in [2.24, 2.45) is 0 Å². The summed E-state index contributed by atoms with van der Waals surface area (Å²) in [7, 11) is 0. The highest BCUT2D eigenvalue weighted by Crippen LogP contribution is 2.33. The molecule has 0 aliphatic carbocycles. The number of benzene rings is 4. The fourth-order valence-electron chi connectivity index (χ4n) is 6.93. The highest BCUT2D eigenvalue weighted by atomic mass is 19.4. The molecule has 0 bridgehead atoms. The van der Waals surface area contributed by atoms with Gasteiger partial charge in [0.25, 0.3) is 11.8 Å². The summed E-state index contributed by atoms with van der Waals surface area (Å²) >= 11 is 0. The van der Waals surface area contributed by atoms with Gasteiger partial charge in [-0.3, -0.25) is 19.8 Å². The van der Waals surface area contributed by atoms with Crippen LogP contribution in [-0.2, 0) is 23.9 Å². The minimum Gasteiger partial charge on any atom is -0.358 e. The maximum atomic E-state index is 13.6. The van der Waals surface area contributed by atoms with Gasteiger partial charge in [0.2, 0.25) is 5.95 Å². The van der Waals surface area contributed by atoms with Gasteiger partial charge in [-0.15, -0.1) is 0 Å². The molecule has 0 fully saturated rings. The number of nitrogens with one attached hydrogen (secondary N) is 5. The second kappa shape index (κ2) is 20.5. The number of aromatic nitrogens is 6. The van der Waals surface area contributed by atoms with Crippen LogP contribution in [0.3, 0.4) is 0 Å². The van der Waals surface area contributed by atoms with Gasteiger partial charge in [-0.25, -0.2) is 20.4 Å². The van der Waals surface area contributed by atoms with Crippen LogP contribution in [0.15, 0.2) is 140 Å². The quantitative estimate of drug-likeness (QED) is 0.0285. The van der Waals surface area contributed by atoms with Gasteiger partial charge in [0.1, 0.15) is 0 Å². The fraction of sp³-hybridized carbons (Fsp3) is 0.143. The normalized spacial score (nSPS) is 11.3. The largest absolute Gasteiger partial charge is 0.416 e. The third kappa shape index (κ3) is 12.0. The molecule has 65 heavy (non-hydrogen) atoms. The molecule has 0 aliphatic heterocycles. The number of nitrogens with zero attached hydrogens (tertiary/aromatic N) is 5. The SMILES string of the molecule is Cc1[nH]c2ccccc2c1CCNCc1ccc(/C=C/C(=O)NO)cc1.Cc1cn(-c2cc(NC(=O)c3ccc(C)c(Nc4nccc(-c5cccnc5)n4)c3)cc(C(F)(F)F)c2)cn1. The van der Waals surface area contributed by atoms with Crippen LogP contribution in [0, 0.1) is 20.8 Å². The lowest BCUT2D eigenvalue weighted by atomic mass is 10.1. The second-order valence-electron chi connectivity index (χ2n) is 15.1. The summed E-state index contributed by atoms with van der Waals surface area (Å²) in [5.41, 5.74) is 10.6. The number of hydrogen-bond donors (Lipinski definition) is 6. The third-order valence-corrected chi connectivity index (χ3v) is 10.3. The lowest BCUT2D eigenvalue weighted by Crippen LogP contribution is -2.16. The Morgan fingerprint density at radius 2 is 1.71 bits per heavy atom. The Morgan fingerprint density at radius 3 is 2.45 bits per heavy atom. The molecule has 13 nitrogen and oxygen atoms in total. The van der Waals surface area contributed by atoms with E-state index in [0.717, 1.165) is 48.3 Å². The zero-order valence-corrected chi connectivity index (χ0v) is 35.6. The van der Waals surface area contributed by atoms with Gasteiger partial charge in [-0.1, -0.05) is 48.5 Å². The molecule has 16 heteroatoms. The number of anilines is 3. The van der Waals surface area contributed by atoms with Gasteiger partial charge in [-0.05, 0) is 117 Å². The number of aryl methyl sites for hydroxylation is 3. The van der Waals surface area contributed by atoms with Crippen LogP contribution < -0.4 is 21.4 Å². The van der Waals surface area contributed by atoms with Crippen LogP contribution in [0.25, 0.3) is 33.9 Å². The van der Waals surface area contributed by atoms with Crippen LogP contribution in [0.1, 0.15) is 49.6 Å². The average Bonchev–Trinajstić information content (AvgIpc) is 3.89. The molecule has 8 aromatic rings. The van der Waals surface area contributed by atoms with Crippen molar-refractivity contribution in [3.8, 4) is 16.9 Å². The number of imidazole rings is 1. The van der Waals surface area contributed by atoms with E-state index in [0.29, 0.717) is 23.0 Å². The number of hydroxylamine groups is 1. The topological polar surface area (TPSA) is 175 Å². The molecule has 0 aliphatic rings. The highest BCUT2D eigenvalue weighted by molar-refractivity contribution is 6.05. The molecule has 8 rings (SSSR count). The van der Waals surface area contributed by atoms with E-state index in [9.17, 15) is 22.8 Å². The molecular weight excluding hydrogens is 834 g/mol. The number of hydrogen-bond acceptors (Lipinski definition) is 9. The summed E-state index contributed by atoms with van der Waals surface area (Å²) < 4.78 is 42.3. The number of fused-ring (bicyclic) bond motifs is 1. The first-order chi connectivity index (χ1) is 31.3. The van der Waals surface area contributed by atoms with Crippen LogP contribution >= 0.6 is 0 Å². The Hall–Kier alpha value is -7.95. The van der Waals surface area contributed by atoms with Crippen molar-refractivity contribution in [3.05, 3.63) is 185 Å². The van der Waals surface area contributed by atoms with Crippen molar-refractivity contribution in [3.63, 3.8) is 0 Å². The van der Waals surface area contributed by atoms with Crippen molar-refractivity contribution in [1.29, 1.82) is 0 Å². The van der Waals surface area contributed by atoms with E-state index in [1.54, 1.807) is 73.6 Å². The summed E-state index contributed by atoms with van der Waals surface area (Å²) in [4.78, 5) is 44.5. The molecule has 0 saturated carbocycles. The summed E-state index contributed by atoms with van der Waals surface area (Å²) in [5, 5.41) is 19.0. The van der Waals surface area contributed by atoms with Gasteiger partial charge < -0.3 is 25.5 Å². The van der Waals surface area contributed by atoms with E-state index in [4.69, 9.17) is 5.21 Å². The van der Waals surface area contributed by atoms with Crippen molar-refractivity contribution in [1.82, 2.24) is 40.3 Å². The second-order valence-corrected chi connectivity index (χ2v) is 15.1. The Kier molecular flexibility index (Phi) is 14.2. The fourth-order valence-corrected chi connectivity index (χ4v) is 6.93. The van der Waals surface area contributed by atoms with Gasteiger partial charge >= 0.3 is 6.18 Å². The average molecular weight is 879 g/mol. The molecule has 0 unspecified atom stereocenters. The molecule has 2 amide bonds. The van der Waals surface area contributed by atoms with E-state index in [1.807, 2.05) is 37.3 Å². The molecular formula is C49H45F3N10O3. The van der Waals surface area contributed by atoms with Gasteiger partial charge in [0.05, 0.1) is 23.3 Å². The number of H-pyrrole nitrogens is 1. The Morgan fingerprint density at radius 1 is 0.892 bits per heavy atom. The van der Waals surface area contributed by atoms with Crippen molar-refractivity contribution < 1.29 is 28.0 Å².